The van der Waals surface area contributed by atoms with Gasteiger partial charge >= 0.3 is 6.03 Å². The molecule has 2 rings (SSSR count). The van der Waals surface area contributed by atoms with Gasteiger partial charge in [0.2, 0.25) is 0 Å². The van der Waals surface area contributed by atoms with E-state index in [1.807, 2.05) is 49.1 Å². The standard InChI is InChI=1S/C17H26N2O2.C2H6.CH4/c1-3-7-16-11-10-14(2)12-19(16)17(20)18-21-13-15-8-5-4-6-9-15;1-2;/h4-6,8-9,14,16H,3,7,10-13H2,1-2H3,(H,18,20);1-2H3;1H4. The molecule has 1 N–H and O–H groups in total. The molecule has 4 nitrogen and oxygen atoms in total. The van der Waals surface area contributed by atoms with Crippen molar-refractivity contribution in [3.05, 3.63) is 35.9 Å². The zero-order valence-corrected chi connectivity index (χ0v) is 15.0. The summed E-state index contributed by atoms with van der Waals surface area (Å²) in [6, 6.07) is 10.1. The lowest BCUT2D eigenvalue weighted by atomic mass is 9.92. The fourth-order valence-electron chi connectivity index (χ4n) is 2.91. The molecule has 138 valence electrons. The van der Waals surface area contributed by atoms with Crippen molar-refractivity contribution in [1.29, 1.82) is 0 Å². The van der Waals surface area contributed by atoms with Crippen LogP contribution in [0.4, 0.5) is 4.79 Å². The number of likely N-dealkylation sites (tertiary alicyclic amines) is 1. The molecule has 1 fully saturated rings. The van der Waals surface area contributed by atoms with E-state index < -0.39 is 0 Å². The van der Waals surface area contributed by atoms with E-state index >= 15 is 0 Å². The molecule has 1 aliphatic heterocycles. The van der Waals surface area contributed by atoms with E-state index in [0.717, 1.165) is 31.4 Å². The van der Waals surface area contributed by atoms with Crippen molar-refractivity contribution in [2.24, 2.45) is 5.92 Å². The van der Waals surface area contributed by atoms with Crippen molar-refractivity contribution in [2.45, 2.75) is 73.5 Å². The van der Waals surface area contributed by atoms with Crippen LogP contribution < -0.4 is 5.48 Å². The number of amides is 2. The van der Waals surface area contributed by atoms with Crippen molar-refractivity contribution in [1.82, 2.24) is 10.4 Å². The molecule has 0 aliphatic carbocycles. The highest BCUT2D eigenvalue weighted by Crippen LogP contribution is 2.24. The van der Waals surface area contributed by atoms with Gasteiger partial charge in [-0.1, -0.05) is 71.9 Å². The monoisotopic (exact) mass is 336 g/mol. The van der Waals surface area contributed by atoms with E-state index in [1.165, 1.54) is 6.42 Å². The van der Waals surface area contributed by atoms with Crippen LogP contribution in [0.3, 0.4) is 0 Å². The van der Waals surface area contributed by atoms with Gasteiger partial charge in [-0.05, 0) is 30.7 Å². The van der Waals surface area contributed by atoms with Crippen molar-refractivity contribution in [3.8, 4) is 0 Å². The van der Waals surface area contributed by atoms with Crippen LogP contribution in [-0.4, -0.2) is 23.5 Å². The topological polar surface area (TPSA) is 41.6 Å². The zero-order valence-electron chi connectivity index (χ0n) is 15.0. The molecule has 2 amide bonds. The number of carbonyl (C=O) groups is 1. The highest BCUT2D eigenvalue weighted by atomic mass is 16.7. The summed E-state index contributed by atoms with van der Waals surface area (Å²) < 4.78 is 0. The maximum atomic E-state index is 12.3. The highest BCUT2D eigenvalue weighted by molar-refractivity contribution is 5.73. The van der Waals surface area contributed by atoms with Crippen LogP contribution in [0.2, 0.25) is 0 Å². The van der Waals surface area contributed by atoms with Gasteiger partial charge in [0.05, 0.1) is 6.61 Å². The molecule has 24 heavy (non-hydrogen) atoms. The van der Waals surface area contributed by atoms with Gasteiger partial charge < -0.3 is 4.90 Å². The third-order valence-corrected chi connectivity index (χ3v) is 4.07. The van der Waals surface area contributed by atoms with Crippen LogP contribution >= 0.6 is 0 Å². The Morgan fingerprint density at radius 1 is 1.25 bits per heavy atom. The molecule has 1 heterocycles. The number of hydrogen-bond donors (Lipinski definition) is 1. The van der Waals surface area contributed by atoms with Gasteiger partial charge in [0.15, 0.2) is 0 Å². The van der Waals surface area contributed by atoms with Gasteiger partial charge in [0, 0.05) is 12.6 Å². The molecule has 4 heteroatoms. The van der Waals surface area contributed by atoms with Gasteiger partial charge in [-0.3, -0.25) is 4.84 Å². The summed E-state index contributed by atoms with van der Waals surface area (Å²) in [4.78, 5) is 19.6. The first kappa shape index (κ1) is 22.4. The van der Waals surface area contributed by atoms with Gasteiger partial charge in [0.25, 0.3) is 0 Å². The third-order valence-electron chi connectivity index (χ3n) is 4.07. The van der Waals surface area contributed by atoms with E-state index in [2.05, 4.69) is 19.3 Å². The molecule has 2 unspecified atom stereocenters. The molecule has 0 saturated carbocycles. The van der Waals surface area contributed by atoms with Crippen LogP contribution in [-0.2, 0) is 11.4 Å². The minimum Gasteiger partial charge on any atom is -0.320 e. The highest BCUT2D eigenvalue weighted by Gasteiger charge is 2.29. The van der Waals surface area contributed by atoms with Crippen molar-refractivity contribution >= 4 is 6.03 Å². The second-order valence-corrected chi connectivity index (χ2v) is 5.96. The molecular formula is C20H36N2O2. The summed E-state index contributed by atoms with van der Waals surface area (Å²) in [5.74, 6) is 0.568. The Morgan fingerprint density at radius 2 is 1.92 bits per heavy atom. The van der Waals surface area contributed by atoms with E-state index in [0.29, 0.717) is 18.6 Å². The van der Waals surface area contributed by atoms with Crippen molar-refractivity contribution in [3.63, 3.8) is 0 Å². The summed E-state index contributed by atoms with van der Waals surface area (Å²) in [6.45, 7) is 9.59. The molecule has 0 spiro atoms. The molecule has 0 radical (unpaired) electrons. The predicted octanol–water partition coefficient (Wildman–Crippen LogP) is 5.39. The summed E-state index contributed by atoms with van der Waals surface area (Å²) in [6.07, 6.45) is 4.48. The van der Waals surface area contributed by atoms with Gasteiger partial charge in [0.1, 0.15) is 0 Å². The lowest BCUT2D eigenvalue weighted by Crippen LogP contribution is -2.50. The zero-order chi connectivity index (χ0) is 17.1. The number of rotatable bonds is 5. The van der Waals surface area contributed by atoms with Crippen molar-refractivity contribution in [2.75, 3.05) is 6.54 Å². The Hall–Kier alpha value is -1.55. The van der Waals surface area contributed by atoms with Gasteiger partial charge in [-0.25, -0.2) is 10.3 Å². The maximum Gasteiger partial charge on any atom is 0.341 e. The summed E-state index contributed by atoms with van der Waals surface area (Å²) >= 11 is 0. The fourth-order valence-corrected chi connectivity index (χ4v) is 2.91. The molecule has 0 bridgehead atoms. The molecule has 1 saturated heterocycles. The number of nitrogens with zero attached hydrogens (tertiary/aromatic N) is 1. The first-order valence-electron chi connectivity index (χ1n) is 8.93. The molecular weight excluding hydrogens is 300 g/mol. The van der Waals surface area contributed by atoms with E-state index in [1.54, 1.807) is 0 Å². The maximum absolute atomic E-state index is 12.3. The Balaban J connectivity index is 0.00000170. The average molecular weight is 337 g/mol. The van der Waals surface area contributed by atoms with Gasteiger partial charge in [-0.2, -0.15) is 0 Å². The molecule has 0 aromatic heterocycles. The molecule has 1 aromatic carbocycles. The summed E-state index contributed by atoms with van der Waals surface area (Å²) in [7, 11) is 0. The van der Waals surface area contributed by atoms with Crippen LogP contribution in [0.5, 0.6) is 0 Å². The second-order valence-electron chi connectivity index (χ2n) is 5.96. The molecule has 1 aromatic rings. The smallest absolute Gasteiger partial charge is 0.320 e. The number of hydrogen-bond acceptors (Lipinski definition) is 2. The Bertz CT molecular complexity index is 437. The minimum atomic E-state index is -0.101. The Morgan fingerprint density at radius 3 is 2.54 bits per heavy atom. The van der Waals surface area contributed by atoms with Crippen LogP contribution in [0.1, 0.15) is 66.4 Å². The fraction of sp³-hybridized carbons (Fsp3) is 0.650. The van der Waals surface area contributed by atoms with Crippen LogP contribution in [0.25, 0.3) is 0 Å². The number of carbonyl (C=O) groups excluding carboxylic acids is 1. The first-order chi connectivity index (χ1) is 11.2. The minimum absolute atomic E-state index is 0. The number of urea groups is 1. The lowest BCUT2D eigenvalue weighted by Gasteiger charge is -2.38. The Kier molecular flexibility index (Phi) is 12.0. The first-order valence-corrected chi connectivity index (χ1v) is 8.93. The predicted molar refractivity (Wildman–Crippen MR) is 102 cm³/mol. The second kappa shape index (κ2) is 12.8. The lowest BCUT2D eigenvalue weighted by molar-refractivity contribution is 0.0231. The van der Waals surface area contributed by atoms with Crippen LogP contribution in [0.15, 0.2) is 30.3 Å². The normalized spacial score (nSPS) is 19.6. The van der Waals surface area contributed by atoms with Crippen molar-refractivity contribution < 1.29 is 9.63 Å². The largest absolute Gasteiger partial charge is 0.341 e. The third kappa shape index (κ3) is 7.35. The number of hydroxylamine groups is 1. The summed E-state index contributed by atoms with van der Waals surface area (Å²) in [5, 5.41) is 0. The number of benzene rings is 1. The van der Waals surface area contributed by atoms with E-state index in [-0.39, 0.29) is 13.5 Å². The summed E-state index contributed by atoms with van der Waals surface area (Å²) in [5.41, 5.74) is 3.65. The van der Waals surface area contributed by atoms with E-state index in [4.69, 9.17) is 4.84 Å². The van der Waals surface area contributed by atoms with E-state index in [9.17, 15) is 4.79 Å². The number of piperidine rings is 1. The number of nitrogens with one attached hydrogen (secondary N) is 1. The van der Waals surface area contributed by atoms with Crippen LogP contribution in [0, 0.1) is 5.92 Å². The SMILES string of the molecule is C.CC.CCCC1CCC(C)CN1C(=O)NOCc1ccccc1. The quantitative estimate of drug-likeness (QED) is 0.732. The Labute approximate surface area is 148 Å². The molecule has 1 aliphatic rings. The van der Waals surface area contributed by atoms with Gasteiger partial charge in [-0.15, -0.1) is 0 Å². The average Bonchev–Trinajstić information content (AvgIpc) is 2.59. The molecule has 2 atom stereocenters.